The van der Waals surface area contributed by atoms with Crippen LogP contribution in [0.5, 0.6) is 0 Å². The molecule has 0 aliphatic carbocycles. The first-order chi connectivity index (χ1) is 10.6. The highest BCUT2D eigenvalue weighted by Crippen LogP contribution is 2.26. The fraction of sp³-hybridized carbons (Fsp3) is 0.316. The van der Waals surface area contributed by atoms with Crippen LogP contribution in [-0.4, -0.2) is 24.4 Å². The van der Waals surface area contributed by atoms with Crippen molar-refractivity contribution in [1.29, 1.82) is 0 Å². The van der Waals surface area contributed by atoms with Crippen LogP contribution in [0.3, 0.4) is 0 Å². The van der Waals surface area contributed by atoms with E-state index in [0.29, 0.717) is 0 Å². The lowest BCUT2D eigenvalue weighted by atomic mass is 10.0. The first kappa shape index (κ1) is 14.6. The molecular formula is C19H22N2O. The molecule has 1 aliphatic rings. The summed E-state index contributed by atoms with van der Waals surface area (Å²) in [6.45, 7) is 5.10. The van der Waals surface area contributed by atoms with Crippen molar-refractivity contribution in [3.63, 3.8) is 0 Å². The maximum Gasteiger partial charge on any atom is 0.254 e. The van der Waals surface area contributed by atoms with E-state index in [1.54, 1.807) is 0 Å². The molecule has 1 aliphatic heterocycles. The third-order valence-electron chi connectivity index (χ3n) is 4.52. The summed E-state index contributed by atoms with van der Waals surface area (Å²) < 4.78 is 0. The zero-order chi connectivity index (χ0) is 15.7. The number of anilines is 1. The van der Waals surface area contributed by atoms with Crippen LogP contribution in [0.15, 0.2) is 42.5 Å². The molecule has 1 heterocycles. The van der Waals surface area contributed by atoms with Gasteiger partial charge in [0.1, 0.15) is 0 Å². The van der Waals surface area contributed by atoms with Crippen molar-refractivity contribution in [3.8, 4) is 0 Å². The zero-order valence-corrected chi connectivity index (χ0v) is 13.4. The highest BCUT2D eigenvalue weighted by Gasteiger charge is 2.20. The molecule has 0 bridgehead atoms. The van der Waals surface area contributed by atoms with Crippen molar-refractivity contribution < 1.29 is 4.79 Å². The molecule has 1 N–H and O–H groups in total. The van der Waals surface area contributed by atoms with Crippen LogP contribution < -0.4 is 5.32 Å². The van der Waals surface area contributed by atoms with Gasteiger partial charge in [0.25, 0.3) is 5.91 Å². The SMILES string of the molecule is Cc1ccc(C(C)N(C)C(=O)c2ccc3c(c2)CCN3)cc1. The van der Waals surface area contributed by atoms with Crippen molar-refractivity contribution in [1.82, 2.24) is 4.90 Å². The van der Waals surface area contributed by atoms with E-state index in [0.717, 1.165) is 29.8 Å². The molecule has 0 aromatic heterocycles. The van der Waals surface area contributed by atoms with Crippen molar-refractivity contribution >= 4 is 11.6 Å². The van der Waals surface area contributed by atoms with Crippen molar-refractivity contribution in [2.75, 3.05) is 18.9 Å². The van der Waals surface area contributed by atoms with E-state index >= 15 is 0 Å². The summed E-state index contributed by atoms with van der Waals surface area (Å²) in [5.74, 6) is 0.0720. The van der Waals surface area contributed by atoms with E-state index in [1.807, 2.05) is 30.1 Å². The molecule has 0 radical (unpaired) electrons. The smallest absolute Gasteiger partial charge is 0.254 e. The van der Waals surface area contributed by atoms with Crippen LogP contribution in [0, 0.1) is 6.92 Å². The van der Waals surface area contributed by atoms with E-state index in [4.69, 9.17) is 0 Å². The second-order valence-electron chi connectivity index (χ2n) is 6.05. The van der Waals surface area contributed by atoms with Gasteiger partial charge in [0.2, 0.25) is 0 Å². The van der Waals surface area contributed by atoms with Gasteiger partial charge in [-0.15, -0.1) is 0 Å². The lowest BCUT2D eigenvalue weighted by Crippen LogP contribution is -2.29. The summed E-state index contributed by atoms with van der Waals surface area (Å²) >= 11 is 0. The summed E-state index contributed by atoms with van der Waals surface area (Å²) in [5.41, 5.74) is 5.55. The summed E-state index contributed by atoms with van der Waals surface area (Å²) in [6.07, 6.45) is 0.994. The van der Waals surface area contributed by atoms with Crippen LogP contribution in [0.4, 0.5) is 5.69 Å². The minimum atomic E-state index is 0.0551. The van der Waals surface area contributed by atoms with Gasteiger partial charge in [0.15, 0.2) is 0 Å². The van der Waals surface area contributed by atoms with Gasteiger partial charge < -0.3 is 10.2 Å². The molecule has 2 aromatic rings. The number of nitrogens with zero attached hydrogens (tertiary/aromatic N) is 1. The normalized spacial score (nSPS) is 14.1. The number of carbonyl (C=O) groups excluding carboxylic acids is 1. The first-order valence-corrected chi connectivity index (χ1v) is 7.77. The first-order valence-electron chi connectivity index (χ1n) is 7.77. The Morgan fingerprint density at radius 1 is 1.18 bits per heavy atom. The van der Waals surface area contributed by atoms with Gasteiger partial charge in [-0.1, -0.05) is 29.8 Å². The number of hydrogen-bond acceptors (Lipinski definition) is 2. The Hall–Kier alpha value is -2.29. The Kier molecular flexibility index (Phi) is 3.88. The van der Waals surface area contributed by atoms with Gasteiger partial charge in [0.05, 0.1) is 6.04 Å². The van der Waals surface area contributed by atoms with Gasteiger partial charge in [-0.3, -0.25) is 4.79 Å². The molecule has 1 atom stereocenters. The van der Waals surface area contributed by atoms with Gasteiger partial charge in [0, 0.05) is 24.8 Å². The van der Waals surface area contributed by atoms with E-state index in [1.165, 1.54) is 11.1 Å². The number of amides is 1. The quantitative estimate of drug-likeness (QED) is 0.934. The molecule has 3 nitrogen and oxygen atoms in total. The third kappa shape index (κ3) is 2.71. The molecule has 0 saturated heterocycles. The van der Waals surface area contributed by atoms with Gasteiger partial charge in [-0.05, 0) is 49.6 Å². The largest absolute Gasteiger partial charge is 0.384 e. The molecule has 114 valence electrons. The van der Waals surface area contributed by atoms with Crippen LogP contribution >= 0.6 is 0 Å². The minimum Gasteiger partial charge on any atom is -0.384 e. The number of hydrogen-bond donors (Lipinski definition) is 1. The molecule has 0 fully saturated rings. The highest BCUT2D eigenvalue weighted by molar-refractivity contribution is 5.95. The molecule has 3 rings (SSSR count). The molecule has 2 aromatic carbocycles. The van der Waals surface area contributed by atoms with Gasteiger partial charge in [-0.25, -0.2) is 0 Å². The third-order valence-corrected chi connectivity index (χ3v) is 4.52. The highest BCUT2D eigenvalue weighted by atomic mass is 16.2. The standard InChI is InChI=1S/C19H22N2O/c1-13-4-6-15(7-5-13)14(2)21(3)19(22)17-8-9-18-16(12-17)10-11-20-18/h4-9,12,14,20H,10-11H2,1-3H3. The Morgan fingerprint density at radius 2 is 1.91 bits per heavy atom. The fourth-order valence-electron chi connectivity index (χ4n) is 2.89. The second-order valence-corrected chi connectivity index (χ2v) is 6.05. The monoisotopic (exact) mass is 294 g/mol. The Labute approximate surface area is 132 Å². The Bertz CT molecular complexity index is 691. The zero-order valence-electron chi connectivity index (χ0n) is 13.4. The molecule has 3 heteroatoms. The molecule has 1 unspecified atom stereocenters. The van der Waals surface area contributed by atoms with Crippen LogP contribution in [0.1, 0.15) is 40.0 Å². The van der Waals surface area contributed by atoms with E-state index in [9.17, 15) is 4.79 Å². The number of aryl methyl sites for hydroxylation is 1. The van der Waals surface area contributed by atoms with Crippen molar-refractivity contribution in [2.24, 2.45) is 0 Å². The molecule has 0 spiro atoms. The molecule has 0 saturated carbocycles. The van der Waals surface area contributed by atoms with E-state index < -0.39 is 0 Å². The average Bonchev–Trinajstić information content (AvgIpc) is 3.01. The molecular weight excluding hydrogens is 272 g/mol. The van der Waals surface area contributed by atoms with Gasteiger partial charge >= 0.3 is 0 Å². The predicted molar refractivity (Wildman–Crippen MR) is 90.3 cm³/mol. The predicted octanol–water partition coefficient (Wildman–Crippen LogP) is 3.80. The summed E-state index contributed by atoms with van der Waals surface area (Å²) in [5, 5.41) is 3.32. The topological polar surface area (TPSA) is 32.3 Å². The summed E-state index contributed by atoms with van der Waals surface area (Å²) in [7, 11) is 1.87. The minimum absolute atomic E-state index is 0.0551. The fourth-order valence-corrected chi connectivity index (χ4v) is 2.89. The molecule has 22 heavy (non-hydrogen) atoms. The maximum absolute atomic E-state index is 12.7. The van der Waals surface area contributed by atoms with Crippen molar-refractivity contribution in [3.05, 3.63) is 64.7 Å². The summed E-state index contributed by atoms with van der Waals surface area (Å²) in [6, 6.07) is 14.4. The van der Waals surface area contributed by atoms with E-state index in [2.05, 4.69) is 43.4 Å². The van der Waals surface area contributed by atoms with Crippen LogP contribution in [-0.2, 0) is 6.42 Å². The van der Waals surface area contributed by atoms with Crippen LogP contribution in [0.2, 0.25) is 0 Å². The summed E-state index contributed by atoms with van der Waals surface area (Å²) in [4.78, 5) is 14.5. The van der Waals surface area contributed by atoms with E-state index in [-0.39, 0.29) is 11.9 Å². The van der Waals surface area contributed by atoms with Gasteiger partial charge in [-0.2, -0.15) is 0 Å². The second kappa shape index (κ2) is 5.84. The molecule has 1 amide bonds. The average molecular weight is 294 g/mol. The van der Waals surface area contributed by atoms with Crippen LogP contribution in [0.25, 0.3) is 0 Å². The maximum atomic E-state index is 12.7. The lowest BCUT2D eigenvalue weighted by molar-refractivity contribution is 0.0742. The number of benzene rings is 2. The number of carbonyl (C=O) groups is 1. The Balaban J connectivity index is 1.80. The van der Waals surface area contributed by atoms with Crippen molar-refractivity contribution in [2.45, 2.75) is 26.3 Å². The lowest BCUT2D eigenvalue weighted by Gasteiger charge is -2.25. The number of nitrogens with one attached hydrogen (secondary N) is 1. The Morgan fingerprint density at radius 3 is 2.64 bits per heavy atom. The number of fused-ring (bicyclic) bond motifs is 1. The number of rotatable bonds is 3.